The van der Waals surface area contributed by atoms with Gasteiger partial charge < -0.3 is 5.32 Å². The predicted octanol–water partition coefficient (Wildman–Crippen LogP) is 2.10. The van der Waals surface area contributed by atoms with E-state index in [9.17, 15) is 4.79 Å². The van der Waals surface area contributed by atoms with Crippen molar-refractivity contribution in [1.29, 1.82) is 0 Å². The highest BCUT2D eigenvalue weighted by atomic mass is 16.1. The van der Waals surface area contributed by atoms with Crippen LogP contribution in [0, 0.1) is 12.3 Å². The second kappa shape index (κ2) is 9.12. The summed E-state index contributed by atoms with van der Waals surface area (Å²) in [5.74, 6) is 2.70. The van der Waals surface area contributed by atoms with Gasteiger partial charge in [0, 0.05) is 19.4 Å². The van der Waals surface area contributed by atoms with E-state index in [1.807, 2.05) is 0 Å². The van der Waals surface area contributed by atoms with Gasteiger partial charge in [0.1, 0.15) is 0 Å². The minimum absolute atomic E-state index is 0.158. The van der Waals surface area contributed by atoms with Crippen molar-refractivity contribution in [3.05, 3.63) is 0 Å². The second-order valence-electron chi connectivity index (χ2n) is 3.11. The fraction of sp³-hybridized carbons (Fsp3) is 0.727. The van der Waals surface area contributed by atoms with E-state index >= 15 is 0 Å². The first-order valence-corrected chi connectivity index (χ1v) is 5.01. The molecule has 0 aliphatic carbocycles. The van der Waals surface area contributed by atoms with Crippen molar-refractivity contribution in [2.45, 2.75) is 45.4 Å². The lowest BCUT2D eigenvalue weighted by molar-refractivity contribution is -0.121. The molecule has 0 bridgehead atoms. The van der Waals surface area contributed by atoms with E-state index in [1.54, 1.807) is 0 Å². The molecule has 0 spiro atoms. The number of nitrogens with one attached hydrogen (secondary N) is 1. The number of terminal acetylenes is 1. The van der Waals surface area contributed by atoms with Crippen LogP contribution in [0.1, 0.15) is 45.4 Å². The molecule has 0 heterocycles. The quantitative estimate of drug-likeness (QED) is 0.473. The number of amides is 1. The Hall–Kier alpha value is -0.970. The van der Waals surface area contributed by atoms with Gasteiger partial charge in [0.05, 0.1) is 0 Å². The molecule has 0 aliphatic heterocycles. The van der Waals surface area contributed by atoms with Gasteiger partial charge in [0.15, 0.2) is 0 Å². The van der Waals surface area contributed by atoms with Crippen LogP contribution in [0.15, 0.2) is 0 Å². The summed E-state index contributed by atoms with van der Waals surface area (Å²) in [6.45, 7) is 2.85. The highest BCUT2D eigenvalue weighted by Gasteiger charge is 1.98. The largest absolute Gasteiger partial charge is 0.356 e. The van der Waals surface area contributed by atoms with E-state index in [2.05, 4.69) is 18.2 Å². The molecule has 0 saturated carbocycles. The summed E-state index contributed by atoms with van der Waals surface area (Å²) in [6, 6.07) is 0. The molecule has 0 radical (unpaired) electrons. The maximum Gasteiger partial charge on any atom is 0.219 e. The Labute approximate surface area is 81.1 Å². The van der Waals surface area contributed by atoms with Gasteiger partial charge in [0.25, 0.3) is 0 Å². The Morgan fingerprint density at radius 1 is 1.38 bits per heavy atom. The molecule has 13 heavy (non-hydrogen) atoms. The average Bonchev–Trinajstić information content (AvgIpc) is 2.13. The molecule has 0 aromatic carbocycles. The Morgan fingerprint density at radius 2 is 2.15 bits per heavy atom. The lowest BCUT2D eigenvalue weighted by Gasteiger charge is -2.02. The number of hydrogen-bond donors (Lipinski definition) is 1. The zero-order valence-corrected chi connectivity index (χ0v) is 8.44. The standard InChI is InChI=1S/C11H19NO/c1-3-5-7-9-11(13)12-10-8-6-4-2/h2H,3,5-10H2,1H3,(H,12,13). The van der Waals surface area contributed by atoms with Crippen molar-refractivity contribution in [3.8, 4) is 12.3 Å². The third-order valence-corrected chi connectivity index (χ3v) is 1.83. The highest BCUT2D eigenvalue weighted by molar-refractivity contribution is 5.75. The van der Waals surface area contributed by atoms with Crippen LogP contribution in [-0.2, 0) is 4.79 Å². The molecule has 0 aromatic heterocycles. The first kappa shape index (κ1) is 12.0. The number of rotatable bonds is 7. The van der Waals surface area contributed by atoms with Gasteiger partial charge in [-0.1, -0.05) is 19.8 Å². The third kappa shape index (κ3) is 8.94. The summed E-state index contributed by atoms with van der Waals surface area (Å²) in [6.07, 6.45) is 10.7. The van der Waals surface area contributed by atoms with Crippen molar-refractivity contribution in [2.75, 3.05) is 6.54 Å². The minimum atomic E-state index is 0.158. The van der Waals surface area contributed by atoms with Crippen LogP contribution in [0.2, 0.25) is 0 Å². The molecule has 2 nitrogen and oxygen atoms in total. The molecular formula is C11H19NO. The summed E-state index contributed by atoms with van der Waals surface area (Å²) in [4.78, 5) is 11.1. The van der Waals surface area contributed by atoms with E-state index in [1.165, 1.54) is 0 Å². The monoisotopic (exact) mass is 181 g/mol. The molecule has 0 fully saturated rings. The Kier molecular flexibility index (Phi) is 8.44. The molecule has 2 heteroatoms. The Balaban J connectivity index is 3.16. The third-order valence-electron chi connectivity index (χ3n) is 1.83. The van der Waals surface area contributed by atoms with E-state index in [4.69, 9.17) is 6.42 Å². The Morgan fingerprint density at radius 3 is 2.77 bits per heavy atom. The fourth-order valence-corrected chi connectivity index (χ4v) is 1.04. The van der Waals surface area contributed by atoms with Gasteiger partial charge in [-0.2, -0.15) is 0 Å². The SMILES string of the molecule is C#CCCCNC(=O)CCCCC. The van der Waals surface area contributed by atoms with Crippen molar-refractivity contribution in [3.63, 3.8) is 0 Å². The van der Waals surface area contributed by atoms with Crippen LogP contribution >= 0.6 is 0 Å². The van der Waals surface area contributed by atoms with Crippen LogP contribution in [-0.4, -0.2) is 12.5 Å². The fourth-order valence-electron chi connectivity index (χ4n) is 1.04. The van der Waals surface area contributed by atoms with Gasteiger partial charge in [-0.25, -0.2) is 0 Å². The topological polar surface area (TPSA) is 29.1 Å². The summed E-state index contributed by atoms with van der Waals surface area (Å²) >= 11 is 0. The maximum atomic E-state index is 11.1. The zero-order chi connectivity index (χ0) is 9.94. The number of carbonyl (C=O) groups is 1. The normalized spacial score (nSPS) is 9.23. The summed E-state index contributed by atoms with van der Waals surface area (Å²) < 4.78 is 0. The molecule has 0 saturated heterocycles. The average molecular weight is 181 g/mol. The van der Waals surface area contributed by atoms with Crippen LogP contribution in [0.5, 0.6) is 0 Å². The van der Waals surface area contributed by atoms with Crippen molar-refractivity contribution in [1.82, 2.24) is 5.32 Å². The van der Waals surface area contributed by atoms with Crippen LogP contribution in [0.4, 0.5) is 0 Å². The van der Waals surface area contributed by atoms with Gasteiger partial charge >= 0.3 is 0 Å². The van der Waals surface area contributed by atoms with Gasteiger partial charge in [-0.05, 0) is 12.8 Å². The van der Waals surface area contributed by atoms with E-state index in [-0.39, 0.29) is 5.91 Å². The van der Waals surface area contributed by atoms with Gasteiger partial charge in [-0.15, -0.1) is 12.3 Å². The Bertz CT molecular complexity index is 169. The molecule has 1 amide bonds. The first-order valence-electron chi connectivity index (χ1n) is 5.01. The molecule has 1 N–H and O–H groups in total. The van der Waals surface area contributed by atoms with Crippen LogP contribution < -0.4 is 5.32 Å². The zero-order valence-electron chi connectivity index (χ0n) is 8.44. The molecular weight excluding hydrogens is 162 g/mol. The summed E-state index contributed by atoms with van der Waals surface area (Å²) in [5.41, 5.74) is 0. The lowest BCUT2D eigenvalue weighted by atomic mass is 10.2. The highest BCUT2D eigenvalue weighted by Crippen LogP contribution is 1.98. The van der Waals surface area contributed by atoms with Crippen LogP contribution in [0.3, 0.4) is 0 Å². The summed E-state index contributed by atoms with van der Waals surface area (Å²) in [5, 5.41) is 2.84. The number of hydrogen-bond acceptors (Lipinski definition) is 1. The van der Waals surface area contributed by atoms with Crippen molar-refractivity contribution < 1.29 is 4.79 Å². The van der Waals surface area contributed by atoms with Gasteiger partial charge in [0.2, 0.25) is 5.91 Å². The van der Waals surface area contributed by atoms with Crippen molar-refractivity contribution >= 4 is 5.91 Å². The van der Waals surface area contributed by atoms with E-state index in [0.29, 0.717) is 6.42 Å². The van der Waals surface area contributed by atoms with E-state index < -0.39 is 0 Å². The smallest absolute Gasteiger partial charge is 0.219 e. The van der Waals surface area contributed by atoms with Crippen LogP contribution in [0.25, 0.3) is 0 Å². The maximum absolute atomic E-state index is 11.1. The molecule has 0 aliphatic rings. The minimum Gasteiger partial charge on any atom is -0.356 e. The van der Waals surface area contributed by atoms with Gasteiger partial charge in [-0.3, -0.25) is 4.79 Å². The molecule has 0 unspecified atom stereocenters. The number of carbonyl (C=O) groups excluding carboxylic acids is 1. The van der Waals surface area contributed by atoms with Crippen molar-refractivity contribution in [2.24, 2.45) is 0 Å². The molecule has 0 rings (SSSR count). The molecule has 0 atom stereocenters. The lowest BCUT2D eigenvalue weighted by Crippen LogP contribution is -2.23. The molecule has 0 aromatic rings. The predicted molar refractivity (Wildman–Crippen MR) is 55.2 cm³/mol. The second-order valence-corrected chi connectivity index (χ2v) is 3.11. The number of unbranched alkanes of at least 4 members (excludes halogenated alkanes) is 3. The first-order chi connectivity index (χ1) is 6.31. The van der Waals surface area contributed by atoms with E-state index in [0.717, 1.165) is 38.6 Å². The summed E-state index contributed by atoms with van der Waals surface area (Å²) in [7, 11) is 0. The molecule has 74 valence electrons.